The third-order valence-corrected chi connectivity index (χ3v) is 2.99. The van der Waals surface area contributed by atoms with Gasteiger partial charge in [0.1, 0.15) is 23.9 Å². The van der Waals surface area contributed by atoms with E-state index in [0.717, 1.165) is 5.75 Å². The Bertz CT molecular complexity index is 619. The van der Waals surface area contributed by atoms with Gasteiger partial charge in [-0.25, -0.2) is 4.79 Å². The minimum absolute atomic E-state index is 0.285. The molecule has 0 aliphatic rings. The van der Waals surface area contributed by atoms with Gasteiger partial charge in [0.05, 0.1) is 18.7 Å². The first kappa shape index (κ1) is 16.0. The molecule has 0 saturated heterocycles. The summed E-state index contributed by atoms with van der Waals surface area (Å²) in [6.45, 7) is 0.610. The third kappa shape index (κ3) is 4.86. The fraction of sp³-hybridized carbons (Fsp3) is 0.188. The van der Waals surface area contributed by atoms with Crippen LogP contribution in [0.4, 0.5) is 4.79 Å². The second-order valence-corrected chi connectivity index (χ2v) is 4.68. The number of hydrogen-bond acceptors (Lipinski definition) is 4. The number of para-hydroxylation sites is 1. The molecule has 2 rings (SSSR count). The monoisotopic (exact) mass is 321 g/mol. The number of alkyl carbamates (subject to hydrolysis) is 1. The van der Waals surface area contributed by atoms with Crippen LogP contribution in [-0.2, 0) is 4.74 Å². The lowest BCUT2D eigenvalue weighted by molar-refractivity contribution is 0.168. The highest BCUT2D eigenvalue weighted by molar-refractivity contribution is 6.32. The van der Waals surface area contributed by atoms with E-state index in [0.29, 0.717) is 23.1 Å². The Balaban J connectivity index is 1.88. The van der Waals surface area contributed by atoms with Gasteiger partial charge in [-0.2, -0.15) is 0 Å². The first-order valence-electron chi connectivity index (χ1n) is 6.66. The first-order chi connectivity index (χ1) is 10.7. The van der Waals surface area contributed by atoms with E-state index >= 15 is 0 Å². The molecule has 6 heteroatoms. The normalized spacial score (nSPS) is 9.91. The van der Waals surface area contributed by atoms with E-state index in [-0.39, 0.29) is 6.61 Å². The fourth-order valence-corrected chi connectivity index (χ4v) is 1.90. The van der Waals surface area contributed by atoms with Gasteiger partial charge in [-0.3, -0.25) is 0 Å². The molecule has 0 bridgehead atoms. The van der Waals surface area contributed by atoms with E-state index in [1.54, 1.807) is 18.2 Å². The summed E-state index contributed by atoms with van der Waals surface area (Å²) >= 11 is 6.15. The number of halogens is 1. The summed E-state index contributed by atoms with van der Waals surface area (Å²) in [6, 6.07) is 14.6. The Morgan fingerprint density at radius 3 is 2.59 bits per heavy atom. The van der Waals surface area contributed by atoms with Crippen LogP contribution in [0, 0.1) is 0 Å². The second kappa shape index (κ2) is 8.14. The Morgan fingerprint density at radius 2 is 1.91 bits per heavy atom. The predicted octanol–water partition coefficient (Wildman–Crippen LogP) is 3.87. The van der Waals surface area contributed by atoms with E-state index in [9.17, 15) is 4.79 Å². The summed E-state index contributed by atoms with van der Waals surface area (Å²) in [4.78, 5) is 10.9. The maximum atomic E-state index is 10.9. The number of methoxy groups -OCH3 is 1. The van der Waals surface area contributed by atoms with Crippen LogP contribution in [0.3, 0.4) is 0 Å². The molecule has 2 aromatic carbocycles. The van der Waals surface area contributed by atoms with E-state index in [1.165, 1.54) is 7.11 Å². The van der Waals surface area contributed by atoms with Gasteiger partial charge in [-0.05, 0) is 24.3 Å². The first-order valence-corrected chi connectivity index (χ1v) is 7.04. The minimum Gasteiger partial charge on any atom is -0.490 e. The van der Waals surface area contributed by atoms with Gasteiger partial charge in [0, 0.05) is 6.07 Å². The van der Waals surface area contributed by atoms with Gasteiger partial charge in [-0.15, -0.1) is 0 Å². The molecule has 0 atom stereocenters. The third-order valence-electron chi connectivity index (χ3n) is 2.70. The molecule has 5 nitrogen and oxygen atoms in total. The van der Waals surface area contributed by atoms with Crippen molar-refractivity contribution in [2.24, 2.45) is 0 Å². The van der Waals surface area contributed by atoms with Crippen molar-refractivity contribution >= 4 is 17.7 Å². The van der Waals surface area contributed by atoms with Crippen molar-refractivity contribution in [2.75, 3.05) is 20.3 Å². The SMILES string of the molecule is COC(=O)NCCOc1ccc(Oc2ccccc2)cc1Cl. The number of nitrogens with one attached hydrogen (secondary N) is 1. The average Bonchev–Trinajstić information content (AvgIpc) is 2.54. The molecular formula is C16H16ClNO4. The topological polar surface area (TPSA) is 56.8 Å². The number of carbonyl (C=O) groups is 1. The van der Waals surface area contributed by atoms with Crippen molar-refractivity contribution in [1.82, 2.24) is 5.32 Å². The van der Waals surface area contributed by atoms with Gasteiger partial charge in [0.15, 0.2) is 0 Å². The molecule has 22 heavy (non-hydrogen) atoms. The summed E-state index contributed by atoms with van der Waals surface area (Å²) in [5.41, 5.74) is 0. The van der Waals surface area contributed by atoms with Gasteiger partial charge in [0.2, 0.25) is 0 Å². The fourth-order valence-electron chi connectivity index (χ4n) is 1.67. The molecule has 2 aromatic rings. The van der Waals surface area contributed by atoms with Crippen LogP contribution in [0.25, 0.3) is 0 Å². The Hall–Kier alpha value is -2.40. The zero-order valence-electron chi connectivity index (χ0n) is 12.0. The van der Waals surface area contributed by atoms with Crippen LogP contribution in [0.2, 0.25) is 5.02 Å². The van der Waals surface area contributed by atoms with E-state index in [2.05, 4.69) is 10.1 Å². The highest BCUT2D eigenvalue weighted by Gasteiger charge is 2.05. The summed E-state index contributed by atoms with van der Waals surface area (Å²) in [5.74, 6) is 1.87. The largest absolute Gasteiger partial charge is 0.490 e. The lowest BCUT2D eigenvalue weighted by Gasteiger charge is -2.10. The molecule has 1 amide bonds. The second-order valence-electron chi connectivity index (χ2n) is 4.27. The highest BCUT2D eigenvalue weighted by Crippen LogP contribution is 2.31. The summed E-state index contributed by atoms with van der Waals surface area (Å²) in [7, 11) is 1.30. The van der Waals surface area contributed by atoms with Crippen LogP contribution < -0.4 is 14.8 Å². The summed E-state index contributed by atoms with van der Waals surface area (Å²) in [5, 5.41) is 2.95. The van der Waals surface area contributed by atoms with Crippen molar-refractivity contribution in [1.29, 1.82) is 0 Å². The predicted molar refractivity (Wildman–Crippen MR) is 83.9 cm³/mol. The molecule has 0 fully saturated rings. The highest BCUT2D eigenvalue weighted by atomic mass is 35.5. The van der Waals surface area contributed by atoms with Crippen molar-refractivity contribution in [3.63, 3.8) is 0 Å². The molecular weight excluding hydrogens is 306 g/mol. The van der Waals surface area contributed by atoms with E-state index in [4.69, 9.17) is 21.1 Å². The summed E-state index contributed by atoms with van der Waals surface area (Å²) in [6.07, 6.45) is -0.499. The molecule has 0 saturated carbocycles. The molecule has 0 spiro atoms. The van der Waals surface area contributed by atoms with Crippen molar-refractivity contribution < 1.29 is 19.0 Å². The maximum absolute atomic E-state index is 10.9. The van der Waals surface area contributed by atoms with Crippen LogP contribution in [0.5, 0.6) is 17.2 Å². The van der Waals surface area contributed by atoms with Gasteiger partial charge >= 0.3 is 6.09 Å². The van der Waals surface area contributed by atoms with Crippen molar-refractivity contribution in [2.45, 2.75) is 0 Å². The Morgan fingerprint density at radius 1 is 1.14 bits per heavy atom. The van der Waals surface area contributed by atoms with E-state index in [1.807, 2.05) is 30.3 Å². The van der Waals surface area contributed by atoms with Gasteiger partial charge < -0.3 is 19.5 Å². The smallest absolute Gasteiger partial charge is 0.406 e. The van der Waals surface area contributed by atoms with Gasteiger partial charge in [-0.1, -0.05) is 29.8 Å². The molecule has 0 radical (unpaired) electrons. The molecule has 116 valence electrons. The molecule has 1 N–H and O–H groups in total. The number of benzene rings is 2. The molecule has 0 heterocycles. The van der Waals surface area contributed by atoms with E-state index < -0.39 is 6.09 Å². The number of amides is 1. The number of carbonyl (C=O) groups excluding carboxylic acids is 1. The lowest BCUT2D eigenvalue weighted by Crippen LogP contribution is -2.27. The summed E-state index contributed by atoms with van der Waals surface area (Å²) < 4.78 is 15.6. The zero-order valence-corrected chi connectivity index (χ0v) is 12.8. The molecule has 0 aliphatic heterocycles. The zero-order chi connectivity index (χ0) is 15.8. The maximum Gasteiger partial charge on any atom is 0.406 e. The van der Waals surface area contributed by atoms with Gasteiger partial charge in [0.25, 0.3) is 0 Å². The number of ether oxygens (including phenoxy) is 3. The van der Waals surface area contributed by atoms with Crippen molar-refractivity contribution in [3.8, 4) is 17.2 Å². The van der Waals surface area contributed by atoms with Crippen molar-refractivity contribution in [3.05, 3.63) is 53.6 Å². The quantitative estimate of drug-likeness (QED) is 0.821. The molecule has 0 aromatic heterocycles. The minimum atomic E-state index is -0.499. The molecule has 0 aliphatic carbocycles. The van der Waals surface area contributed by atoms with Crippen LogP contribution in [0.1, 0.15) is 0 Å². The van der Waals surface area contributed by atoms with Crippen LogP contribution >= 0.6 is 11.6 Å². The average molecular weight is 322 g/mol. The number of hydrogen-bond donors (Lipinski definition) is 1. The van der Waals surface area contributed by atoms with Crippen LogP contribution in [-0.4, -0.2) is 26.4 Å². The Kier molecular flexibility index (Phi) is 5.91. The Labute approximate surface area is 133 Å². The lowest BCUT2D eigenvalue weighted by atomic mass is 10.3. The standard InChI is InChI=1S/C16H16ClNO4/c1-20-16(19)18-9-10-21-15-8-7-13(11-14(15)17)22-12-5-3-2-4-6-12/h2-8,11H,9-10H2,1H3,(H,18,19). The molecule has 0 unspecified atom stereocenters. The number of rotatable bonds is 6. The van der Waals surface area contributed by atoms with Crippen LogP contribution in [0.15, 0.2) is 48.5 Å².